The van der Waals surface area contributed by atoms with E-state index < -0.39 is 0 Å². The summed E-state index contributed by atoms with van der Waals surface area (Å²) >= 11 is 0. The molecule has 0 aliphatic rings. The van der Waals surface area contributed by atoms with Crippen molar-refractivity contribution in [2.24, 2.45) is 0 Å². The number of amides is 1. The predicted molar refractivity (Wildman–Crippen MR) is 73.7 cm³/mol. The summed E-state index contributed by atoms with van der Waals surface area (Å²) < 4.78 is 1.89. The molecule has 4 heteroatoms. The Bertz CT molecular complexity index is 494. The van der Waals surface area contributed by atoms with Crippen molar-refractivity contribution in [3.8, 4) is 0 Å². The van der Waals surface area contributed by atoms with Gasteiger partial charge in [0.25, 0.3) is 0 Å². The average Bonchev–Trinajstić information content (AvgIpc) is 2.97. The first-order valence-corrected chi connectivity index (χ1v) is 6.36. The summed E-state index contributed by atoms with van der Waals surface area (Å²) in [5, 5.41) is 11.5. The minimum Gasteiger partial charge on any atom is -0.395 e. The standard InChI is InChI=1S/C15H18N2O2/c18-11-8-16-15(19)14(17-9-4-5-10-17)12-13-6-2-1-3-7-13/h1-7,9-10,14,18H,8,11-12H2,(H,16,19). The third kappa shape index (κ3) is 3.69. The Morgan fingerprint density at radius 2 is 1.84 bits per heavy atom. The van der Waals surface area contributed by atoms with Gasteiger partial charge in [-0.25, -0.2) is 0 Å². The minimum atomic E-state index is -0.288. The van der Waals surface area contributed by atoms with Gasteiger partial charge in [-0.2, -0.15) is 0 Å². The molecule has 100 valence electrons. The second kappa shape index (κ2) is 6.75. The molecule has 0 spiro atoms. The van der Waals surface area contributed by atoms with E-state index in [1.54, 1.807) is 0 Å². The molecule has 4 nitrogen and oxygen atoms in total. The van der Waals surface area contributed by atoms with Crippen LogP contribution in [0, 0.1) is 0 Å². The molecule has 2 rings (SSSR count). The molecule has 1 aromatic carbocycles. The lowest BCUT2D eigenvalue weighted by Gasteiger charge is -2.18. The summed E-state index contributed by atoms with van der Waals surface area (Å²) in [5.74, 6) is -0.0749. The molecule has 0 radical (unpaired) electrons. The monoisotopic (exact) mass is 258 g/mol. The van der Waals surface area contributed by atoms with Crippen LogP contribution in [0.1, 0.15) is 11.6 Å². The SMILES string of the molecule is O=C(NCCO)C(Cc1ccccc1)n1cccc1. The van der Waals surface area contributed by atoms with E-state index in [1.165, 1.54) is 0 Å². The van der Waals surface area contributed by atoms with Crippen LogP contribution in [0.3, 0.4) is 0 Å². The van der Waals surface area contributed by atoms with E-state index in [2.05, 4.69) is 5.32 Å². The van der Waals surface area contributed by atoms with E-state index in [0.29, 0.717) is 6.42 Å². The van der Waals surface area contributed by atoms with Crippen molar-refractivity contribution in [1.29, 1.82) is 0 Å². The zero-order chi connectivity index (χ0) is 13.5. The zero-order valence-electron chi connectivity index (χ0n) is 10.7. The number of rotatable bonds is 6. The number of aliphatic hydroxyl groups excluding tert-OH is 1. The van der Waals surface area contributed by atoms with Crippen LogP contribution in [0.5, 0.6) is 0 Å². The molecule has 1 unspecified atom stereocenters. The maximum absolute atomic E-state index is 12.2. The number of aromatic nitrogens is 1. The van der Waals surface area contributed by atoms with Crippen LogP contribution < -0.4 is 5.32 Å². The molecule has 0 aliphatic heterocycles. The molecule has 1 amide bonds. The fourth-order valence-corrected chi connectivity index (χ4v) is 2.02. The lowest BCUT2D eigenvalue weighted by Crippen LogP contribution is -2.35. The molecule has 0 saturated heterocycles. The molecule has 0 fully saturated rings. The van der Waals surface area contributed by atoms with Crippen molar-refractivity contribution in [1.82, 2.24) is 9.88 Å². The van der Waals surface area contributed by atoms with Crippen LogP contribution >= 0.6 is 0 Å². The summed E-state index contributed by atoms with van der Waals surface area (Å²) in [6, 6.07) is 13.4. The first-order valence-electron chi connectivity index (χ1n) is 6.36. The molecule has 0 saturated carbocycles. The van der Waals surface area contributed by atoms with Crippen molar-refractivity contribution in [2.45, 2.75) is 12.5 Å². The Kier molecular flexibility index (Phi) is 4.75. The van der Waals surface area contributed by atoms with E-state index in [1.807, 2.05) is 59.4 Å². The average molecular weight is 258 g/mol. The molecule has 1 atom stereocenters. The van der Waals surface area contributed by atoms with Crippen molar-refractivity contribution < 1.29 is 9.90 Å². The maximum Gasteiger partial charge on any atom is 0.243 e. The molecule has 1 aromatic heterocycles. The highest BCUT2D eigenvalue weighted by Crippen LogP contribution is 2.15. The Morgan fingerprint density at radius 3 is 2.47 bits per heavy atom. The van der Waals surface area contributed by atoms with Crippen molar-refractivity contribution in [3.63, 3.8) is 0 Å². The Balaban J connectivity index is 2.13. The molecule has 2 aromatic rings. The van der Waals surface area contributed by atoms with Crippen LogP contribution in [-0.4, -0.2) is 28.7 Å². The number of hydrogen-bond acceptors (Lipinski definition) is 2. The normalized spacial score (nSPS) is 12.1. The fourth-order valence-electron chi connectivity index (χ4n) is 2.02. The number of nitrogens with one attached hydrogen (secondary N) is 1. The van der Waals surface area contributed by atoms with Gasteiger partial charge in [0.15, 0.2) is 0 Å². The molecule has 2 N–H and O–H groups in total. The van der Waals surface area contributed by atoms with Gasteiger partial charge >= 0.3 is 0 Å². The molecule has 0 aliphatic carbocycles. The van der Waals surface area contributed by atoms with E-state index in [-0.39, 0.29) is 25.1 Å². The van der Waals surface area contributed by atoms with Crippen molar-refractivity contribution in [2.75, 3.05) is 13.2 Å². The Labute approximate surface area is 112 Å². The fraction of sp³-hybridized carbons (Fsp3) is 0.267. The van der Waals surface area contributed by atoms with Crippen molar-refractivity contribution in [3.05, 3.63) is 60.4 Å². The number of nitrogens with zero attached hydrogens (tertiary/aromatic N) is 1. The highest BCUT2D eigenvalue weighted by Gasteiger charge is 2.19. The third-order valence-corrected chi connectivity index (χ3v) is 2.97. The zero-order valence-corrected chi connectivity index (χ0v) is 10.7. The number of aliphatic hydroxyl groups is 1. The van der Waals surface area contributed by atoms with Gasteiger partial charge in [-0.05, 0) is 17.7 Å². The van der Waals surface area contributed by atoms with Gasteiger partial charge < -0.3 is 15.0 Å². The van der Waals surface area contributed by atoms with E-state index in [9.17, 15) is 4.79 Å². The van der Waals surface area contributed by atoms with Crippen molar-refractivity contribution >= 4 is 5.91 Å². The highest BCUT2D eigenvalue weighted by atomic mass is 16.3. The Morgan fingerprint density at radius 1 is 1.16 bits per heavy atom. The number of benzene rings is 1. The summed E-state index contributed by atoms with van der Waals surface area (Å²) in [6.07, 6.45) is 4.39. The lowest BCUT2D eigenvalue weighted by atomic mass is 10.1. The molecular formula is C15H18N2O2. The molecule has 0 bridgehead atoms. The number of hydrogen-bond donors (Lipinski definition) is 2. The van der Waals surface area contributed by atoms with Gasteiger partial charge in [0.05, 0.1) is 6.61 Å². The van der Waals surface area contributed by atoms with E-state index in [0.717, 1.165) is 5.56 Å². The summed E-state index contributed by atoms with van der Waals surface area (Å²) in [7, 11) is 0. The maximum atomic E-state index is 12.2. The van der Waals surface area contributed by atoms with Crippen LogP contribution in [0.15, 0.2) is 54.9 Å². The number of carbonyl (C=O) groups excluding carboxylic acids is 1. The number of carbonyl (C=O) groups is 1. The van der Waals surface area contributed by atoms with Crippen LogP contribution in [0.2, 0.25) is 0 Å². The molecule has 1 heterocycles. The van der Waals surface area contributed by atoms with Gasteiger partial charge in [0, 0.05) is 25.4 Å². The first-order chi connectivity index (χ1) is 9.31. The van der Waals surface area contributed by atoms with Gasteiger partial charge in [-0.15, -0.1) is 0 Å². The summed E-state index contributed by atoms with van der Waals surface area (Å²) in [4.78, 5) is 12.2. The largest absolute Gasteiger partial charge is 0.395 e. The third-order valence-electron chi connectivity index (χ3n) is 2.97. The lowest BCUT2D eigenvalue weighted by molar-refractivity contribution is -0.124. The van der Waals surface area contributed by atoms with Crippen LogP contribution in [0.4, 0.5) is 0 Å². The molecule has 19 heavy (non-hydrogen) atoms. The van der Waals surface area contributed by atoms with Gasteiger partial charge in [-0.1, -0.05) is 30.3 Å². The quantitative estimate of drug-likeness (QED) is 0.822. The summed E-state index contributed by atoms with van der Waals surface area (Å²) in [5.41, 5.74) is 1.11. The van der Waals surface area contributed by atoms with Gasteiger partial charge in [-0.3, -0.25) is 4.79 Å². The highest BCUT2D eigenvalue weighted by molar-refractivity contribution is 5.80. The first kappa shape index (κ1) is 13.4. The second-order valence-corrected chi connectivity index (χ2v) is 4.35. The minimum absolute atomic E-state index is 0.0462. The van der Waals surface area contributed by atoms with Gasteiger partial charge in [0.2, 0.25) is 5.91 Å². The predicted octanol–water partition coefficient (Wildman–Crippen LogP) is 1.38. The second-order valence-electron chi connectivity index (χ2n) is 4.35. The van der Waals surface area contributed by atoms with E-state index >= 15 is 0 Å². The van der Waals surface area contributed by atoms with Crippen LogP contribution in [-0.2, 0) is 11.2 Å². The smallest absolute Gasteiger partial charge is 0.243 e. The topological polar surface area (TPSA) is 54.3 Å². The van der Waals surface area contributed by atoms with Gasteiger partial charge in [0.1, 0.15) is 6.04 Å². The van der Waals surface area contributed by atoms with E-state index in [4.69, 9.17) is 5.11 Å². The summed E-state index contributed by atoms with van der Waals surface area (Å²) in [6.45, 7) is 0.237. The van der Waals surface area contributed by atoms with Crippen LogP contribution in [0.25, 0.3) is 0 Å². The molecular weight excluding hydrogens is 240 g/mol. The Hall–Kier alpha value is -2.07.